The molecule has 1 amide bonds. The van der Waals surface area contributed by atoms with Crippen LogP contribution in [-0.4, -0.2) is 33.8 Å². The second kappa shape index (κ2) is 6.70. The molecule has 6 heteroatoms. The molecule has 0 fully saturated rings. The van der Waals surface area contributed by atoms with Crippen LogP contribution in [0.5, 0.6) is 17.2 Å². The molecular weight excluding hydrogens is 236 g/mol. The van der Waals surface area contributed by atoms with Crippen molar-refractivity contribution in [1.82, 2.24) is 5.32 Å². The van der Waals surface area contributed by atoms with Crippen LogP contribution >= 0.6 is 0 Å². The van der Waals surface area contributed by atoms with Gasteiger partial charge in [-0.1, -0.05) is 0 Å². The van der Waals surface area contributed by atoms with Gasteiger partial charge in [-0.2, -0.15) is 0 Å². The lowest BCUT2D eigenvalue weighted by Gasteiger charge is -2.15. The summed E-state index contributed by atoms with van der Waals surface area (Å²) < 4.78 is 15.7. The summed E-state index contributed by atoms with van der Waals surface area (Å²) in [5.74, 6) is 1.48. The predicted molar refractivity (Wildman–Crippen MR) is 67.0 cm³/mol. The van der Waals surface area contributed by atoms with Gasteiger partial charge in [0.2, 0.25) is 5.91 Å². The van der Waals surface area contributed by atoms with Gasteiger partial charge in [-0.15, -0.1) is 0 Å². The number of hydrogen-bond acceptors (Lipinski definition) is 5. The first kappa shape index (κ1) is 14.1. The molecule has 1 aromatic carbocycles. The second-order valence-corrected chi connectivity index (χ2v) is 3.58. The number of amides is 1. The number of nitrogens with two attached hydrogens (primary N) is 1. The maximum Gasteiger partial charge on any atom is 0.231 e. The maximum absolute atomic E-state index is 10.7. The van der Waals surface area contributed by atoms with Gasteiger partial charge in [0.15, 0.2) is 0 Å². The molecule has 0 heterocycles. The number of nitrogens with one attached hydrogen (secondary N) is 1. The SMILES string of the molecule is COc1cc(OC)c(CNCC(N)=O)c(OC)c1. The first-order valence-electron chi connectivity index (χ1n) is 5.40. The van der Waals surface area contributed by atoms with Crippen LogP contribution in [0.3, 0.4) is 0 Å². The number of methoxy groups -OCH3 is 3. The summed E-state index contributed by atoms with van der Waals surface area (Å²) in [7, 11) is 4.69. The number of hydrogen-bond donors (Lipinski definition) is 2. The lowest BCUT2D eigenvalue weighted by molar-refractivity contribution is -0.117. The number of carbonyl (C=O) groups is 1. The topological polar surface area (TPSA) is 82.8 Å². The highest BCUT2D eigenvalue weighted by molar-refractivity contribution is 5.75. The van der Waals surface area contributed by atoms with Crippen molar-refractivity contribution >= 4 is 5.91 Å². The van der Waals surface area contributed by atoms with Gasteiger partial charge >= 0.3 is 0 Å². The number of benzene rings is 1. The minimum atomic E-state index is -0.415. The minimum absolute atomic E-state index is 0.0956. The van der Waals surface area contributed by atoms with Gasteiger partial charge in [0, 0.05) is 18.7 Å². The van der Waals surface area contributed by atoms with Crippen molar-refractivity contribution in [3.8, 4) is 17.2 Å². The van der Waals surface area contributed by atoms with Crippen molar-refractivity contribution in [2.75, 3.05) is 27.9 Å². The van der Waals surface area contributed by atoms with Crippen molar-refractivity contribution in [3.63, 3.8) is 0 Å². The van der Waals surface area contributed by atoms with Gasteiger partial charge in [0.1, 0.15) is 17.2 Å². The van der Waals surface area contributed by atoms with E-state index >= 15 is 0 Å². The molecule has 6 nitrogen and oxygen atoms in total. The molecule has 3 N–H and O–H groups in total. The lowest BCUT2D eigenvalue weighted by atomic mass is 10.1. The molecule has 0 saturated carbocycles. The Balaban J connectivity index is 2.95. The summed E-state index contributed by atoms with van der Waals surface area (Å²) in [6, 6.07) is 3.51. The molecule has 0 aliphatic heterocycles. The van der Waals surface area contributed by atoms with E-state index in [0.29, 0.717) is 23.8 Å². The minimum Gasteiger partial charge on any atom is -0.496 e. The largest absolute Gasteiger partial charge is 0.496 e. The first-order chi connectivity index (χ1) is 8.62. The zero-order valence-electron chi connectivity index (χ0n) is 10.8. The van der Waals surface area contributed by atoms with Gasteiger partial charge in [0.25, 0.3) is 0 Å². The molecule has 1 aromatic rings. The van der Waals surface area contributed by atoms with Gasteiger partial charge in [-0.05, 0) is 0 Å². The van der Waals surface area contributed by atoms with E-state index in [-0.39, 0.29) is 6.54 Å². The molecule has 100 valence electrons. The Labute approximate surface area is 106 Å². The monoisotopic (exact) mass is 254 g/mol. The smallest absolute Gasteiger partial charge is 0.231 e. The number of ether oxygens (including phenoxy) is 3. The Hall–Kier alpha value is -1.95. The molecule has 0 atom stereocenters. The van der Waals surface area contributed by atoms with E-state index in [1.807, 2.05) is 0 Å². The van der Waals surface area contributed by atoms with E-state index < -0.39 is 5.91 Å². The molecule has 1 rings (SSSR count). The fourth-order valence-corrected chi connectivity index (χ4v) is 1.56. The van der Waals surface area contributed by atoms with Crippen molar-refractivity contribution in [2.45, 2.75) is 6.54 Å². The average Bonchev–Trinajstić information content (AvgIpc) is 2.37. The molecular formula is C12H18N2O4. The standard InChI is InChI=1S/C12H18N2O4/c1-16-8-4-10(17-2)9(11(5-8)18-3)6-14-7-12(13)15/h4-5,14H,6-7H2,1-3H3,(H2,13,15). The summed E-state index contributed by atoms with van der Waals surface area (Å²) >= 11 is 0. The summed E-state index contributed by atoms with van der Waals surface area (Å²) in [5, 5.41) is 2.91. The van der Waals surface area contributed by atoms with Crippen LogP contribution in [0.4, 0.5) is 0 Å². The molecule has 0 aromatic heterocycles. The van der Waals surface area contributed by atoms with Crippen LogP contribution in [0.1, 0.15) is 5.56 Å². The van der Waals surface area contributed by atoms with Gasteiger partial charge < -0.3 is 25.3 Å². The fourth-order valence-electron chi connectivity index (χ4n) is 1.56. The van der Waals surface area contributed by atoms with Crippen LogP contribution in [0, 0.1) is 0 Å². The van der Waals surface area contributed by atoms with Crippen molar-refractivity contribution < 1.29 is 19.0 Å². The molecule has 0 aliphatic rings. The summed E-state index contributed by atoms with van der Waals surface area (Å²) in [6.07, 6.45) is 0. The lowest BCUT2D eigenvalue weighted by Crippen LogP contribution is -2.28. The maximum atomic E-state index is 10.7. The van der Waals surface area contributed by atoms with Crippen molar-refractivity contribution in [2.24, 2.45) is 5.73 Å². The Kier molecular flexibility index (Phi) is 5.26. The Morgan fingerprint density at radius 3 is 2.11 bits per heavy atom. The molecule has 0 saturated heterocycles. The zero-order chi connectivity index (χ0) is 13.5. The van der Waals surface area contributed by atoms with Gasteiger partial charge in [0.05, 0.1) is 33.4 Å². The number of primary amides is 1. The molecule has 0 spiro atoms. The van der Waals surface area contributed by atoms with Gasteiger partial charge in [-0.3, -0.25) is 4.79 Å². The number of carbonyl (C=O) groups excluding carboxylic acids is 1. The van der Waals surface area contributed by atoms with E-state index in [1.54, 1.807) is 33.5 Å². The molecule has 0 bridgehead atoms. The van der Waals surface area contributed by atoms with Crippen LogP contribution in [-0.2, 0) is 11.3 Å². The average molecular weight is 254 g/mol. The normalized spacial score (nSPS) is 9.94. The highest BCUT2D eigenvalue weighted by Crippen LogP contribution is 2.33. The highest BCUT2D eigenvalue weighted by atomic mass is 16.5. The third kappa shape index (κ3) is 3.53. The van der Waals surface area contributed by atoms with Crippen molar-refractivity contribution in [1.29, 1.82) is 0 Å². The first-order valence-corrected chi connectivity index (χ1v) is 5.40. The van der Waals surface area contributed by atoms with Crippen LogP contribution < -0.4 is 25.3 Å². The highest BCUT2D eigenvalue weighted by Gasteiger charge is 2.12. The summed E-state index contributed by atoms with van der Waals surface area (Å²) in [4.78, 5) is 10.7. The molecule has 0 aliphatic carbocycles. The van der Waals surface area contributed by atoms with Crippen LogP contribution in [0.15, 0.2) is 12.1 Å². The fraction of sp³-hybridized carbons (Fsp3) is 0.417. The van der Waals surface area contributed by atoms with E-state index in [9.17, 15) is 4.79 Å². The van der Waals surface area contributed by atoms with E-state index in [0.717, 1.165) is 5.56 Å². The third-order valence-corrected chi connectivity index (χ3v) is 2.42. The molecule has 0 radical (unpaired) electrons. The van der Waals surface area contributed by atoms with Crippen LogP contribution in [0.25, 0.3) is 0 Å². The van der Waals surface area contributed by atoms with Crippen molar-refractivity contribution in [3.05, 3.63) is 17.7 Å². The third-order valence-electron chi connectivity index (χ3n) is 2.42. The number of rotatable bonds is 7. The van der Waals surface area contributed by atoms with Gasteiger partial charge in [-0.25, -0.2) is 0 Å². The molecule has 0 unspecified atom stereocenters. The van der Waals surface area contributed by atoms with E-state index in [4.69, 9.17) is 19.9 Å². The Bertz CT molecular complexity index is 396. The second-order valence-electron chi connectivity index (χ2n) is 3.58. The van der Waals surface area contributed by atoms with Crippen LogP contribution in [0.2, 0.25) is 0 Å². The zero-order valence-corrected chi connectivity index (χ0v) is 10.8. The summed E-state index contributed by atoms with van der Waals surface area (Å²) in [5.41, 5.74) is 5.87. The Morgan fingerprint density at radius 2 is 1.72 bits per heavy atom. The molecule has 18 heavy (non-hydrogen) atoms. The predicted octanol–water partition coefficient (Wildman–Crippen LogP) is 0.287. The quantitative estimate of drug-likeness (QED) is 0.730. The van der Waals surface area contributed by atoms with E-state index in [1.165, 1.54) is 0 Å². The van der Waals surface area contributed by atoms with E-state index in [2.05, 4.69) is 5.32 Å². The summed E-state index contributed by atoms with van der Waals surface area (Å²) in [6.45, 7) is 0.512. The Morgan fingerprint density at radius 1 is 1.17 bits per heavy atom.